The molecule has 1 aromatic carbocycles. The van der Waals surface area contributed by atoms with Gasteiger partial charge in [-0.2, -0.15) is 0 Å². The van der Waals surface area contributed by atoms with E-state index in [-0.39, 0.29) is 35.1 Å². The fourth-order valence-corrected chi connectivity index (χ4v) is 1.83. The van der Waals surface area contributed by atoms with Gasteiger partial charge < -0.3 is 20.1 Å². The molecule has 0 aliphatic carbocycles. The average molecular weight is 315 g/mol. The molecule has 0 saturated heterocycles. The second-order valence-electron chi connectivity index (χ2n) is 4.75. The van der Waals surface area contributed by atoms with Crippen molar-refractivity contribution < 1.29 is 19.1 Å². The van der Waals surface area contributed by atoms with Gasteiger partial charge in [0.1, 0.15) is 0 Å². The molecule has 0 spiro atoms. The van der Waals surface area contributed by atoms with Crippen molar-refractivity contribution >= 4 is 23.4 Å². The number of nitrogens with zero attached hydrogens (tertiary/aromatic N) is 1. The van der Waals surface area contributed by atoms with E-state index in [1.165, 1.54) is 19.2 Å². The zero-order chi connectivity index (χ0) is 16.2. The van der Waals surface area contributed by atoms with Gasteiger partial charge in [-0.1, -0.05) is 11.6 Å². The van der Waals surface area contributed by atoms with Gasteiger partial charge in [-0.3, -0.25) is 9.59 Å². The Bertz CT molecular complexity index is 546. The Kier molecular flexibility index (Phi) is 5.84. The highest BCUT2D eigenvalue weighted by Gasteiger charge is 2.20. The van der Waals surface area contributed by atoms with Gasteiger partial charge in [-0.25, -0.2) is 0 Å². The number of amides is 2. The van der Waals surface area contributed by atoms with Crippen LogP contribution in [0.15, 0.2) is 12.1 Å². The van der Waals surface area contributed by atoms with Gasteiger partial charge >= 0.3 is 0 Å². The zero-order valence-corrected chi connectivity index (χ0v) is 13.2. The normalized spacial score (nSPS) is 10.4. The number of primary amides is 1. The number of methoxy groups -OCH3 is 1. The van der Waals surface area contributed by atoms with Crippen LogP contribution in [0.4, 0.5) is 0 Å². The van der Waals surface area contributed by atoms with Crippen LogP contribution in [0.3, 0.4) is 0 Å². The fraction of sp³-hybridized carbons (Fsp3) is 0.429. The monoisotopic (exact) mass is 314 g/mol. The van der Waals surface area contributed by atoms with Crippen molar-refractivity contribution in [2.45, 2.75) is 19.9 Å². The van der Waals surface area contributed by atoms with Gasteiger partial charge in [0.2, 0.25) is 0 Å². The van der Waals surface area contributed by atoms with E-state index in [2.05, 4.69) is 0 Å². The number of carbonyl (C=O) groups excluding carboxylic acids is 2. The molecule has 2 amide bonds. The highest BCUT2D eigenvalue weighted by molar-refractivity contribution is 6.32. The summed E-state index contributed by atoms with van der Waals surface area (Å²) in [6.07, 6.45) is 0. The van der Waals surface area contributed by atoms with E-state index in [1.54, 1.807) is 11.9 Å². The molecule has 0 heterocycles. The van der Waals surface area contributed by atoms with Gasteiger partial charge in [0.25, 0.3) is 11.8 Å². The average Bonchev–Trinajstić information content (AvgIpc) is 2.43. The van der Waals surface area contributed by atoms with Gasteiger partial charge in [-0.15, -0.1) is 0 Å². The maximum Gasteiger partial charge on any atom is 0.255 e. The van der Waals surface area contributed by atoms with Gasteiger partial charge in [0, 0.05) is 18.7 Å². The van der Waals surface area contributed by atoms with Gasteiger partial charge in [0.15, 0.2) is 18.1 Å². The van der Waals surface area contributed by atoms with E-state index in [4.69, 9.17) is 26.8 Å². The van der Waals surface area contributed by atoms with Crippen molar-refractivity contribution in [3.63, 3.8) is 0 Å². The van der Waals surface area contributed by atoms with Crippen molar-refractivity contribution in [2.75, 3.05) is 20.8 Å². The van der Waals surface area contributed by atoms with Crippen molar-refractivity contribution in [2.24, 2.45) is 5.73 Å². The number of carbonyl (C=O) groups is 2. The predicted molar refractivity (Wildman–Crippen MR) is 79.9 cm³/mol. The van der Waals surface area contributed by atoms with Crippen LogP contribution < -0.4 is 15.2 Å². The summed E-state index contributed by atoms with van der Waals surface area (Å²) < 4.78 is 10.4. The number of benzene rings is 1. The summed E-state index contributed by atoms with van der Waals surface area (Å²) in [6, 6.07) is 3.04. The van der Waals surface area contributed by atoms with Gasteiger partial charge in [0.05, 0.1) is 12.1 Å². The number of halogens is 1. The Morgan fingerprint density at radius 1 is 1.38 bits per heavy atom. The first-order valence-electron chi connectivity index (χ1n) is 6.33. The number of hydrogen-bond donors (Lipinski definition) is 1. The van der Waals surface area contributed by atoms with Crippen molar-refractivity contribution in [3.05, 3.63) is 22.7 Å². The molecule has 0 bridgehead atoms. The summed E-state index contributed by atoms with van der Waals surface area (Å²) in [7, 11) is 3.12. The van der Waals surface area contributed by atoms with E-state index < -0.39 is 5.91 Å². The molecule has 0 aliphatic rings. The summed E-state index contributed by atoms with van der Waals surface area (Å²) in [5, 5.41) is 0.177. The number of rotatable bonds is 6. The highest BCUT2D eigenvalue weighted by Crippen LogP contribution is 2.36. The van der Waals surface area contributed by atoms with Crippen LogP contribution >= 0.6 is 11.6 Å². The quantitative estimate of drug-likeness (QED) is 0.866. The van der Waals surface area contributed by atoms with E-state index in [0.717, 1.165) is 0 Å². The second kappa shape index (κ2) is 7.17. The first-order chi connectivity index (χ1) is 9.77. The third kappa shape index (κ3) is 4.26. The third-order valence-electron chi connectivity index (χ3n) is 2.93. The summed E-state index contributed by atoms with van der Waals surface area (Å²) in [6.45, 7) is 3.48. The van der Waals surface area contributed by atoms with E-state index in [0.29, 0.717) is 5.56 Å². The van der Waals surface area contributed by atoms with Crippen molar-refractivity contribution in [1.29, 1.82) is 0 Å². The molecule has 0 aromatic heterocycles. The molecular formula is C14H19ClN2O4. The lowest BCUT2D eigenvalue weighted by atomic mass is 10.1. The van der Waals surface area contributed by atoms with Crippen molar-refractivity contribution in [1.82, 2.24) is 4.90 Å². The Balaban J connectivity index is 3.14. The maximum atomic E-state index is 12.3. The Morgan fingerprint density at radius 3 is 2.48 bits per heavy atom. The molecule has 0 aliphatic heterocycles. The van der Waals surface area contributed by atoms with Crippen LogP contribution in [0, 0.1) is 0 Å². The Morgan fingerprint density at radius 2 is 2.00 bits per heavy atom. The minimum atomic E-state index is -0.632. The summed E-state index contributed by atoms with van der Waals surface area (Å²) in [5.41, 5.74) is 5.40. The molecule has 0 saturated carbocycles. The molecule has 0 fully saturated rings. The van der Waals surface area contributed by atoms with E-state index in [1.807, 2.05) is 13.8 Å². The van der Waals surface area contributed by atoms with Crippen LogP contribution in [-0.4, -0.2) is 43.5 Å². The Hall–Kier alpha value is -1.95. The molecule has 0 radical (unpaired) electrons. The highest BCUT2D eigenvalue weighted by atomic mass is 35.5. The maximum absolute atomic E-state index is 12.3. The SMILES string of the molecule is COc1cc(C(=O)N(C)C(C)C)cc(Cl)c1OCC(N)=O. The lowest BCUT2D eigenvalue weighted by Crippen LogP contribution is -2.33. The first kappa shape index (κ1) is 17.1. The first-order valence-corrected chi connectivity index (χ1v) is 6.71. The van der Waals surface area contributed by atoms with E-state index in [9.17, 15) is 9.59 Å². The predicted octanol–water partition coefficient (Wildman–Crippen LogP) is 1.69. The van der Waals surface area contributed by atoms with Crippen molar-refractivity contribution in [3.8, 4) is 11.5 Å². The lowest BCUT2D eigenvalue weighted by molar-refractivity contribution is -0.119. The molecular weight excluding hydrogens is 296 g/mol. The van der Waals surface area contributed by atoms with Crippen LogP contribution in [-0.2, 0) is 4.79 Å². The largest absolute Gasteiger partial charge is 0.493 e. The second-order valence-corrected chi connectivity index (χ2v) is 5.16. The standard InChI is InChI=1S/C14H19ClN2O4/c1-8(2)17(3)14(19)9-5-10(15)13(11(6-9)20-4)21-7-12(16)18/h5-6,8H,7H2,1-4H3,(H2,16,18). The van der Waals surface area contributed by atoms with E-state index >= 15 is 0 Å². The molecule has 116 valence electrons. The lowest BCUT2D eigenvalue weighted by Gasteiger charge is -2.22. The Labute approximate surface area is 128 Å². The van der Waals surface area contributed by atoms with Gasteiger partial charge in [-0.05, 0) is 26.0 Å². The third-order valence-corrected chi connectivity index (χ3v) is 3.21. The summed E-state index contributed by atoms with van der Waals surface area (Å²) in [5.74, 6) is -0.370. The smallest absolute Gasteiger partial charge is 0.255 e. The molecule has 2 N–H and O–H groups in total. The number of nitrogens with two attached hydrogens (primary N) is 1. The van der Waals surface area contributed by atoms with Crippen LogP contribution in [0.1, 0.15) is 24.2 Å². The number of ether oxygens (including phenoxy) is 2. The molecule has 6 nitrogen and oxygen atoms in total. The minimum Gasteiger partial charge on any atom is -0.493 e. The molecule has 1 rings (SSSR count). The zero-order valence-electron chi connectivity index (χ0n) is 12.5. The van der Waals surface area contributed by atoms with Crippen LogP contribution in [0.2, 0.25) is 5.02 Å². The summed E-state index contributed by atoms with van der Waals surface area (Å²) >= 11 is 6.10. The minimum absolute atomic E-state index is 0.0491. The summed E-state index contributed by atoms with van der Waals surface area (Å²) in [4.78, 5) is 24.6. The number of hydrogen-bond acceptors (Lipinski definition) is 4. The molecule has 7 heteroatoms. The van der Waals surface area contributed by atoms with Crippen LogP contribution in [0.5, 0.6) is 11.5 Å². The fourth-order valence-electron chi connectivity index (χ4n) is 1.56. The molecule has 1 aromatic rings. The molecule has 0 atom stereocenters. The molecule has 0 unspecified atom stereocenters. The van der Waals surface area contributed by atoms with Crippen LogP contribution in [0.25, 0.3) is 0 Å². The topological polar surface area (TPSA) is 81.9 Å². The molecule has 21 heavy (non-hydrogen) atoms.